The van der Waals surface area contributed by atoms with Gasteiger partial charge in [-0.2, -0.15) is 0 Å². The van der Waals surface area contributed by atoms with Crippen LogP contribution in [0, 0.1) is 27.7 Å². The van der Waals surface area contributed by atoms with Crippen LogP contribution in [-0.2, 0) is 19.7 Å². The molecule has 3 aromatic carbocycles. The minimum atomic E-state index is -2.75. The molecule has 0 aliphatic heterocycles. The van der Waals surface area contributed by atoms with E-state index in [-0.39, 0.29) is 0 Å². The number of aryl methyl sites for hydroxylation is 5. The maximum absolute atomic E-state index is 6.14. The molecule has 0 saturated carbocycles. The van der Waals surface area contributed by atoms with E-state index in [1.165, 1.54) is 33.5 Å². The molecule has 5 heteroatoms. The van der Waals surface area contributed by atoms with Crippen molar-refractivity contribution in [2.75, 3.05) is 24.7 Å². The third-order valence-electron chi connectivity index (χ3n) is 6.52. The molecule has 35 heavy (non-hydrogen) atoms. The lowest BCUT2D eigenvalue weighted by Crippen LogP contribution is -2.46. The van der Waals surface area contributed by atoms with Gasteiger partial charge in [-0.3, -0.25) is 0 Å². The first-order valence-electron chi connectivity index (χ1n) is 12.8. The Morgan fingerprint density at radius 2 is 1.11 bits per heavy atom. The van der Waals surface area contributed by atoms with E-state index in [4.69, 9.17) is 13.3 Å². The maximum atomic E-state index is 6.14. The summed E-state index contributed by atoms with van der Waals surface area (Å²) in [6.45, 7) is 16.5. The zero-order valence-electron chi connectivity index (χ0n) is 22.5. The predicted octanol–water partition coefficient (Wildman–Crippen LogP) is 7.98. The first-order valence-corrected chi connectivity index (χ1v) is 14.7. The van der Waals surface area contributed by atoms with Gasteiger partial charge in [0.1, 0.15) is 0 Å². The summed E-state index contributed by atoms with van der Waals surface area (Å²) >= 11 is 0. The molecule has 0 spiro atoms. The Balaban J connectivity index is 2.08. The minimum Gasteiger partial charge on any atom is -0.374 e. The summed E-state index contributed by atoms with van der Waals surface area (Å²) in [4.78, 5) is 2.37. The van der Waals surface area contributed by atoms with Crippen molar-refractivity contribution in [2.24, 2.45) is 0 Å². The van der Waals surface area contributed by atoms with Gasteiger partial charge in [-0.1, -0.05) is 30.3 Å². The number of rotatable bonds is 12. The second-order valence-corrected chi connectivity index (χ2v) is 11.7. The highest BCUT2D eigenvalue weighted by Gasteiger charge is 2.40. The first-order chi connectivity index (χ1) is 16.8. The number of hydrogen-bond acceptors (Lipinski definition) is 4. The molecule has 0 atom stereocenters. The van der Waals surface area contributed by atoms with Crippen LogP contribution in [0.3, 0.4) is 0 Å². The number of hydrogen-bond donors (Lipinski definition) is 0. The molecule has 0 unspecified atom stereocenters. The highest BCUT2D eigenvalue weighted by molar-refractivity contribution is 6.60. The number of anilines is 3. The zero-order valence-corrected chi connectivity index (χ0v) is 23.5. The van der Waals surface area contributed by atoms with E-state index in [0.717, 1.165) is 23.8 Å². The summed E-state index contributed by atoms with van der Waals surface area (Å²) < 4.78 is 18.4. The van der Waals surface area contributed by atoms with Gasteiger partial charge in [-0.15, -0.1) is 0 Å². The molecule has 0 saturated heterocycles. The quantitative estimate of drug-likeness (QED) is 0.240. The van der Waals surface area contributed by atoms with Crippen LogP contribution in [-0.4, -0.2) is 28.6 Å². The van der Waals surface area contributed by atoms with Crippen molar-refractivity contribution in [3.05, 3.63) is 88.5 Å². The van der Waals surface area contributed by atoms with Crippen molar-refractivity contribution >= 4 is 25.9 Å². The molecule has 0 fully saturated rings. The summed E-state index contributed by atoms with van der Waals surface area (Å²) in [5, 5.41) is 0. The van der Waals surface area contributed by atoms with Crippen LogP contribution in [0.25, 0.3) is 0 Å². The second kappa shape index (κ2) is 12.5. The second-order valence-electron chi connectivity index (χ2n) is 8.98. The van der Waals surface area contributed by atoms with Gasteiger partial charge in [0.25, 0.3) is 0 Å². The Morgan fingerprint density at radius 1 is 0.629 bits per heavy atom. The lowest BCUT2D eigenvalue weighted by molar-refractivity contribution is 0.0714. The standard InChI is InChI=1S/C30H41NO3Si/c1-8-32-35(33-9-2,34-10-3)20-19-27-13-11-12-14-30(27)31(28-17-15-23(4)25(6)21-28)29-18-16-24(5)26(7)22-29/h11-18,21-22H,8-10,19-20H2,1-7H3. The average molecular weight is 492 g/mol. The molecule has 0 aromatic heterocycles. The number of nitrogens with zero attached hydrogens (tertiary/aromatic N) is 1. The van der Waals surface area contributed by atoms with Gasteiger partial charge in [0.05, 0.1) is 0 Å². The normalized spacial score (nSPS) is 11.6. The summed E-state index contributed by atoms with van der Waals surface area (Å²) in [6, 6.07) is 22.8. The molecule has 4 nitrogen and oxygen atoms in total. The summed E-state index contributed by atoms with van der Waals surface area (Å²) in [5.41, 5.74) is 9.89. The number of benzene rings is 3. The summed E-state index contributed by atoms with van der Waals surface area (Å²) in [6.07, 6.45) is 0.814. The molecule has 0 aliphatic rings. The van der Waals surface area contributed by atoms with Gasteiger partial charge in [0, 0.05) is 42.9 Å². The van der Waals surface area contributed by atoms with Gasteiger partial charge in [-0.25, -0.2) is 0 Å². The van der Waals surface area contributed by atoms with Crippen LogP contribution in [0.5, 0.6) is 0 Å². The van der Waals surface area contributed by atoms with Gasteiger partial charge in [0.15, 0.2) is 0 Å². The molecule has 0 amide bonds. The minimum absolute atomic E-state index is 0.589. The van der Waals surface area contributed by atoms with Crippen LogP contribution in [0.15, 0.2) is 60.7 Å². The molecule has 3 aromatic rings. The SMILES string of the molecule is CCO[Si](CCc1ccccc1N(c1ccc(C)c(C)c1)c1ccc(C)c(C)c1)(OCC)OCC. The topological polar surface area (TPSA) is 30.9 Å². The van der Waals surface area contributed by atoms with Crippen molar-refractivity contribution < 1.29 is 13.3 Å². The average Bonchev–Trinajstić information content (AvgIpc) is 2.84. The van der Waals surface area contributed by atoms with Crippen molar-refractivity contribution in [1.29, 1.82) is 0 Å². The van der Waals surface area contributed by atoms with Crippen LogP contribution in [0.4, 0.5) is 17.1 Å². The van der Waals surface area contributed by atoms with Crippen LogP contribution >= 0.6 is 0 Å². The molecule has 0 bridgehead atoms. The fraction of sp³-hybridized carbons (Fsp3) is 0.400. The third kappa shape index (κ3) is 6.61. The molecular weight excluding hydrogens is 450 g/mol. The van der Waals surface area contributed by atoms with E-state index in [2.05, 4.69) is 93.3 Å². The van der Waals surface area contributed by atoms with Crippen molar-refractivity contribution in [2.45, 2.75) is 60.9 Å². The first kappa shape index (κ1) is 27.1. The van der Waals surface area contributed by atoms with Crippen molar-refractivity contribution in [3.8, 4) is 0 Å². The van der Waals surface area contributed by atoms with Gasteiger partial charge in [0.2, 0.25) is 0 Å². The Bertz CT molecular complexity index is 1050. The monoisotopic (exact) mass is 491 g/mol. The summed E-state index contributed by atoms with van der Waals surface area (Å²) in [7, 11) is -2.75. The molecular formula is C30H41NO3Si. The number of para-hydroxylation sites is 1. The molecule has 188 valence electrons. The molecule has 3 rings (SSSR count). The highest BCUT2D eigenvalue weighted by atomic mass is 28.4. The fourth-order valence-electron chi connectivity index (χ4n) is 4.39. The van der Waals surface area contributed by atoms with E-state index < -0.39 is 8.80 Å². The van der Waals surface area contributed by atoms with Crippen LogP contribution in [0.1, 0.15) is 48.6 Å². The predicted molar refractivity (Wildman–Crippen MR) is 149 cm³/mol. The van der Waals surface area contributed by atoms with Crippen molar-refractivity contribution in [3.63, 3.8) is 0 Å². The van der Waals surface area contributed by atoms with Crippen molar-refractivity contribution in [1.82, 2.24) is 0 Å². The Labute approximate surface area is 213 Å². The Kier molecular flexibility index (Phi) is 9.69. The molecule has 0 aliphatic carbocycles. The lowest BCUT2D eigenvalue weighted by atomic mass is 10.0. The third-order valence-corrected chi connectivity index (χ3v) is 9.57. The fourth-order valence-corrected chi connectivity index (χ4v) is 6.96. The van der Waals surface area contributed by atoms with Gasteiger partial charge < -0.3 is 18.2 Å². The Morgan fingerprint density at radius 3 is 1.57 bits per heavy atom. The Hall–Kier alpha value is -2.44. The van der Waals surface area contributed by atoms with Crippen LogP contribution in [0.2, 0.25) is 6.04 Å². The van der Waals surface area contributed by atoms with E-state index in [0.29, 0.717) is 19.8 Å². The summed E-state index contributed by atoms with van der Waals surface area (Å²) in [5.74, 6) is 0. The molecule has 0 heterocycles. The van der Waals surface area contributed by atoms with E-state index in [1.807, 2.05) is 20.8 Å². The van der Waals surface area contributed by atoms with Gasteiger partial charge in [-0.05, 0) is 113 Å². The van der Waals surface area contributed by atoms with E-state index >= 15 is 0 Å². The lowest BCUT2D eigenvalue weighted by Gasteiger charge is -2.31. The van der Waals surface area contributed by atoms with E-state index in [1.54, 1.807) is 0 Å². The van der Waals surface area contributed by atoms with Gasteiger partial charge >= 0.3 is 8.80 Å². The largest absolute Gasteiger partial charge is 0.501 e. The maximum Gasteiger partial charge on any atom is 0.501 e. The van der Waals surface area contributed by atoms with Crippen LogP contribution < -0.4 is 4.90 Å². The smallest absolute Gasteiger partial charge is 0.374 e. The molecule has 0 N–H and O–H groups in total. The zero-order chi connectivity index (χ0) is 25.4. The molecule has 0 radical (unpaired) electrons. The van der Waals surface area contributed by atoms with E-state index in [9.17, 15) is 0 Å². The highest BCUT2D eigenvalue weighted by Crippen LogP contribution is 2.39.